The molecular weight excluding hydrogens is 612 g/mol. The van der Waals surface area contributed by atoms with E-state index in [9.17, 15) is 22.8 Å². The molecule has 0 saturated heterocycles. The fraction of sp³-hybridized carbons (Fsp3) is 0.516. The van der Waals surface area contributed by atoms with Gasteiger partial charge in [-0.05, 0) is 81.4 Å². The molecule has 2 aromatic carbocycles. The Morgan fingerprint density at radius 2 is 1.43 bits per heavy atom. The number of aliphatic carboxylic acids is 3. The van der Waals surface area contributed by atoms with Crippen molar-refractivity contribution in [2.24, 2.45) is 5.41 Å². The number of nitrogens with zero attached hydrogens (tertiary/aromatic N) is 1. The van der Waals surface area contributed by atoms with Crippen LogP contribution < -0.4 is 4.72 Å². The molecule has 0 spiro atoms. The van der Waals surface area contributed by atoms with E-state index in [1.807, 2.05) is 0 Å². The zero-order valence-corrected chi connectivity index (χ0v) is 26.9. The monoisotopic (exact) mass is 654 g/mol. The Kier molecular flexibility index (Phi) is 13.3. The number of aliphatic hydroxyl groups is 1. The van der Waals surface area contributed by atoms with E-state index >= 15 is 0 Å². The van der Waals surface area contributed by atoms with Gasteiger partial charge in [-0.25, -0.2) is 17.9 Å². The van der Waals surface area contributed by atoms with E-state index in [4.69, 9.17) is 32.0 Å². The summed E-state index contributed by atoms with van der Waals surface area (Å²) in [5.41, 5.74) is -1.39. The summed E-state index contributed by atoms with van der Waals surface area (Å²) in [7, 11) is 0.768. The second kappa shape index (κ2) is 15.8. The molecular formula is C31H43ClN2O9S. The Morgan fingerprint density at radius 3 is 1.86 bits per heavy atom. The fourth-order valence-corrected chi connectivity index (χ4v) is 6.95. The van der Waals surface area contributed by atoms with Gasteiger partial charge in [-0.1, -0.05) is 61.7 Å². The largest absolute Gasteiger partial charge is 0.481 e. The van der Waals surface area contributed by atoms with Gasteiger partial charge >= 0.3 is 17.9 Å². The summed E-state index contributed by atoms with van der Waals surface area (Å²) in [4.78, 5) is 33.1. The van der Waals surface area contributed by atoms with Crippen LogP contribution in [0.25, 0.3) is 0 Å². The molecule has 0 bridgehead atoms. The fourth-order valence-electron chi connectivity index (χ4n) is 5.66. The smallest absolute Gasteiger partial charge is 0.336 e. The lowest BCUT2D eigenvalue weighted by atomic mass is 9.63. The third kappa shape index (κ3) is 10.00. The lowest BCUT2D eigenvalue weighted by Crippen LogP contribution is -2.49. The molecule has 1 fully saturated rings. The predicted octanol–water partition coefficient (Wildman–Crippen LogP) is 4.58. The number of carboxylic acids is 3. The van der Waals surface area contributed by atoms with Gasteiger partial charge in [0.2, 0.25) is 10.0 Å². The van der Waals surface area contributed by atoms with Gasteiger partial charge in [0.05, 0.1) is 17.7 Å². The minimum atomic E-state index is -3.56. The van der Waals surface area contributed by atoms with Crippen LogP contribution in [0.4, 0.5) is 0 Å². The van der Waals surface area contributed by atoms with E-state index in [1.165, 1.54) is 5.56 Å². The van der Waals surface area contributed by atoms with E-state index in [1.54, 1.807) is 24.3 Å². The summed E-state index contributed by atoms with van der Waals surface area (Å²) in [6.45, 7) is 2.68. The normalized spacial score (nSPS) is 20.4. The first-order valence-corrected chi connectivity index (χ1v) is 16.2. The molecule has 0 aliphatic heterocycles. The summed E-state index contributed by atoms with van der Waals surface area (Å²) < 4.78 is 28.7. The van der Waals surface area contributed by atoms with Gasteiger partial charge in [0.15, 0.2) is 5.60 Å². The zero-order chi connectivity index (χ0) is 33.2. The Labute approximate surface area is 263 Å². The summed E-state index contributed by atoms with van der Waals surface area (Å²) >= 11 is 5.92. The van der Waals surface area contributed by atoms with Crippen LogP contribution in [-0.2, 0) is 29.9 Å². The van der Waals surface area contributed by atoms with Gasteiger partial charge in [-0.3, -0.25) is 14.5 Å². The third-order valence-electron chi connectivity index (χ3n) is 8.41. The maximum atomic E-state index is 12.9. The van der Waals surface area contributed by atoms with Gasteiger partial charge in [-0.2, -0.15) is 0 Å². The van der Waals surface area contributed by atoms with Crippen LogP contribution in [0.15, 0.2) is 59.5 Å². The van der Waals surface area contributed by atoms with E-state index in [2.05, 4.69) is 61.0 Å². The molecule has 1 aliphatic rings. The van der Waals surface area contributed by atoms with E-state index in [0.717, 1.165) is 44.9 Å². The molecule has 1 aliphatic carbocycles. The quantitative estimate of drug-likeness (QED) is 0.193. The molecule has 1 saturated carbocycles. The van der Waals surface area contributed by atoms with Crippen LogP contribution in [0.2, 0.25) is 5.02 Å². The molecule has 2 aromatic rings. The number of nitrogens with one attached hydrogen (secondary N) is 1. The van der Waals surface area contributed by atoms with Gasteiger partial charge in [-0.15, -0.1) is 0 Å². The van der Waals surface area contributed by atoms with Crippen molar-refractivity contribution in [3.8, 4) is 0 Å². The Morgan fingerprint density at radius 1 is 0.909 bits per heavy atom. The van der Waals surface area contributed by atoms with Crippen molar-refractivity contribution in [1.82, 2.24) is 9.62 Å². The highest BCUT2D eigenvalue weighted by molar-refractivity contribution is 7.89. The minimum absolute atomic E-state index is 0.00598. The number of sulfonamides is 1. The van der Waals surface area contributed by atoms with Gasteiger partial charge in [0.25, 0.3) is 0 Å². The highest BCUT2D eigenvalue weighted by Crippen LogP contribution is 2.50. The Bertz CT molecular complexity index is 1340. The zero-order valence-electron chi connectivity index (χ0n) is 25.3. The second-order valence-corrected chi connectivity index (χ2v) is 13.9. The highest BCUT2D eigenvalue weighted by atomic mass is 35.5. The molecule has 0 radical (unpaired) electrons. The van der Waals surface area contributed by atoms with Crippen LogP contribution in [0.1, 0.15) is 70.3 Å². The van der Waals surface area contributed by atoms with Crippen LogP contribution in [0, 0.1) is 5.41 Å². The molecule has 3 rings (SSSR count). The first-order valence-electron chi connectivity index (χ1n) is 14.4. The number of carbonyl (C=O) groups is 3. The van der Waals surface area contributed by atoms with Crippen molar-refractivity contribution in [1.29, 1.82) is 0 Å². The second-order valence-electron chi connectivity index (χ2n) is 11.7. The summed E-state index contributed by atoms with van der Waals surface area (Å²) in [5, 5.41) is 34.3. The van der Waals surface area contributed by atoms with Crippen molar-refractivity contribution in [3.05, 3.63) is 65.2 Å². The molecule has 0 amide bonds. The van der Waals surface area contributed by atoms with E-state index < -0.39 is 46.4 Å². The molecule has 244 valence electrons. The maximum absolute atomic E-state index is 12.9. The predicted molar refractivity (Wildman–Crippen MR) is 166 cm³/mol. The van der Waals surface area contributed by atoms with Crippen LogP contribution in [0.5, 0.6) is 0 Å². The number of rotatable bonds is 14. The number of benzene rings is 2. The number of hydrogen-bond donors (Lipinski definition) is 5. The minimum Gasteiger partial charge on any atom is -0.481 e. The van der Waals surface area contributed by atoms with Gasteiger partial charge in [0.1, 0.15) is 0 Å². The first-order chi connectivity index (χ1) is 20.5. The van der Waals surface area contributed by atoms with Crippen LogP contribution in [0.3, 0.4) is 0 Å². The number of carboxylic acid groups (broad SMARTS) is 3. The molecule has 0 unspecified atom stereocenters. The SMILES string of the molecule is CCCCC1(CNS(=O)(=O)c2ccc(Cl)cc2)CCC(c2ccccc2)(N(C)C)CC1.O=C(O)CC(O)(CC(=O)O)C(=O)O. The molecule has 0 atom stereocenters. The van der Waals surface area contributed by atoms with Crippen molar-refractivity contribution in [2.75, 3.05) is 20.6 Å². The molecule has 0 heterocycles. The molecule has 44 heavy (non-hydrogen) atoms. The Hall–Kier alpha value is -3.03. The topological polar surface area (TPSA) is 182 Å². The van der Waals surface area contributed by atoms with Gasteiger partial charge < -0.3 is 20.4 Å². The Balaban J connectivity index is 0.000000439. The average molecular weight is 655 g/mol. The molecule has 5 N–H and O–H groups in total. The standard InChI is InChI=1S/C25H35ClN2O2S.C6H8O7/c1-4-5-15-24(20-27-31(29,30)23-13-11-22(26)12-14-23)16-18-25(19-17-24,28(2)3)21-9-7-6-8-10-21;7-3(8)1-6(13,5(11)12)2-4(9)10/h6-14,27H,4-5,15-20H2,1-3H3;13H,1-2H2,(H,7,8)(H,9,10)(H,11,12). The van der Waals surface area contributed by atoms with Crippen molar-refractivity contribution >= 4 is 39.5 Å². The first kappa shape index (κ1) is 37.2. The molecule has 11 nitrogen and oxygen atoms in total. The lowest BCUT2D eigenvalue weighted by molar-refractivity contribution is -0.170. The van der Waals surface area contributed by atoms with Crippen LogP contribution in [-0.4, -0.2) is 77.9 Å². The van der Waals surface area contributed by atoms with Crippen LogP contribution >= 0.6 is 11.6 Å². The number of halogens is 1. The summed E-state index contributed by atoms with van der Waals surface area (Å²) in [5.74, 6) is -5.02. The number of hydrogen-bond acceptors (Lipinski definition) is 7. The van der Waals surface area contributed by atoms with E-state index in [-0.39, 0.29) is 15.8 Å². The lowest BCUT2D eigenvalue weighted by Gasteiger charge is -2.50. The molecule has 0 aromatic heterocycles. The van der Waals surface area contributed by atoms with Crippen molar-refractivity contribution in [2.45, 2.75) is 80.7 Å². The van der Waals surface area contributed by atoms with E-state index in [0.29, 0.717) is 11.6 Å². The maximum Gasteiger partial charge on any atom is 0.336 e. The van der Waals surface area contributed by atoms with Crippen molar-refractivity contribution in [3.63, 3.8) is 0 Å². The highest BCUT2D eigenvalue weighted by Gasteiger charge is 2.45. The van der Waals surface area contributed by atoms with Crippen molar-refractivity contribution < 1.29 is 43.2 Å². The average Bonchev–Trinajstić information content (AvgIpc) is 2.95. The summed E-state index contributed by atoms with van der Waals surface area (Å²) in [6.07, 6.45) is 5.04. The molecule has 13 heteroatoms. The van der Waals surface area contributed by atoms with Gasteiger partial charge in [0, 0.05) is 17.1 Å². The number of unbranched alkanes of at least 4 members (excludes halogenated alkanes) is 1. The third-order valence-corrected chi connectivity index (χ3v) is 10.1. The summed E-state index contributed by atoms with van der Waals surface area (Å²) in [6, 6.07) is 17.1.